The molecule has 0 saturated heterocycles. The maximum Gasteiger partial charge on any atom is 0.177 e. The van der Waals surface area contributed by atoms with Gasteiger partial charge in [-0.05, 0) is 43.3 Å². The standard InChI is InChI=1S/C22H16FN7S/c1-11-25-10-17(30(11)2)14-3-4-15-21(27-14)22(29-28-15)16-9-12-13(26-16)7-8-24-20(12)18-5-6-19(23)31-18/h3-10,26H,1-2H3,(H,28,29). The van der Waals surface area contributed by atoms with E-state index in [2.05, 4.69) is 25.1 Å². The van der Waals surface area contributed by atoms with E-state index in [1.807, 2.05) is 49.0 Å². The van der Waals surface area contributed by atoms with E-state index < -0.39 is 0 Å². The minimum atomic E-state index is -0.231. The van der Waals surface area contributed by atoms with Crippen LogP contribution in [0, 0.1) is 12.1 Å². The second kappa shape index (κ2) is 6.58. The van der Waals surface area contributed by atoms with Crippen LogP contribution >= 0.6 is 11.3 Å². The number of imidazole rings is 1. The van der Waals surface area contributed by atoms with Crippen LogP contribution in [0.4, 0.5) is 4.39 Å². The molecule has 31 heavy (non-hydrogen) atoms. The van der Waals surface area contributed by atoms with Crippen LogP contribution in [0.3, 0.4) is 0 Å². The second-order valence-electron chi connectivity index (χ2n) is 7.32. The Morgan fingerprint density at radius 1 is 1.03 bits per heavy atom. The first-order valence-corrected chi connectivity index (χ1v) is 10.5. The molecule has 0 aromatic carbocycles. The summed E-state index contributed by atoms with van der Waals surface area (Å²) in [4.78, 5) is 17.9. The molecule has 6 aromatic rings. The number of nitrogens with one attached hydrogen (secondary N) is 2. The Morgan fingerprint density at radius 2 is 1.94 bits per heavy atom. The van der Waals surface area contributed by atoms with Crippen molar-refractivity contribution in [1.29, 1.82) is 0 Å². The van der Waals surface area contributed by atoms with E-state index in [9.17, 15) is 4.39 Å². The summed E-state index contributed by atoms with van der Waals surface area (Å²) < 4.78 is 15.6. The quantitative estimate of drug-likeness (QED) is 0.411. The van der Waals surface area contributed by atoms with Crippen LogP contribution in [-0.2, 0) is 7.05 Å². The summed E-state index contributed by atoms with van der Waals surface area (Å²) in [7, 11) is 1.97. The number of aromatic nitrogens is 7. The average Bonchev–Trinajstić information content (AvgIpc) is 3.54. The highest BCUT2D eigenvalue weighted by Crippen LogP contribution is 2.35. The van der Waals surface area contributed by atoms with E-state index >= 15 is 0 Å². The number of nitrogens with zero attached hydrogens (tertiary/aromatic N) is 5. The van der Waals surface area contributed by atoms with Gasteiger partial charge >= 0.3 is 0 Å². The van der Waals surface area contributed by atoms with Gasteiger partial charge in [-0.15, -0.1) is 11.3 Å². The topological polar surface area (TPSA) is 88.1 Å². The number of halogens is 1. The molecule has 6 rings (SSSR count). The van der Waals surface area contributed by atoms with Crippen LogP contribution in [0.5, 0.6) is 0 Å². The Labute approximate surface area is 179 Å². The van der Waals surface area contributed by atoms with Crippen molar-refractivity contribution in [3.63, 3.8) is 0 Å². The molecule has 6 heterocycles. The lowest BCUT2D eigenvalue weighted by atomic mass is 10.2. The summed E-state index contributed by atoms with van der Waals surface area (Å²) >= 11 is 1.08. The van der Waals surface area contributed by atoms with Crippen molar-refractivity contribution in [1.82, 2.24) is 34.7 Å². The highest BCUT2D eigenvalue weighted by molar-refractivity contribution is 7.13. The first kappa shape index (κ1) is 18.0. The molecule has 0 radical (unpaired) electrons. The number of pyridine rings is 2. The molecule has 152 valence electrons. The number of H-pyrrole nitrogens is 2. The highest BCUT2D eigenvalue weighted by atomic mass is 32.1. The van der Waals surface area contributed by atoms with Gasteiger partial charge in [0.15, 0.2) is 5.13 Å². The van der Waals surface area contributed by atoms with Gasteiger partial charge in [0, 0.05) is 24.1 Å². The largest absolute Gasteiger partial charge is 0.353 e. The van der Waals surface area contributed by atoms with Crippen LogP contribution in [-0.4, -0.2) is 34.7 Å². The van der Waals surface area contributed by atoms with E-state index in [0.717, 1.165) is 72.4 Å². The van der Waals surface area contributed by atoms with E-state index in [1.165, 1.54) is 6.07 Å². The average molecular weight is 429 g/mol. The van der Waals surface area contributed by atoms with Gasteiger partial charge in [0.05, 0.1) is 39.4 Å². The highest BCUT2D eigenvalue weighted by Gasteiger charge is 2.17. The molecular weight excluding hydrogens is 413 g/mol. The Kier molecular flexibility index (Phi) is 3.81. The molecule has 9 heteroatoms. The lowest BCUT2D eigenvalue weighted by molar-refractivity contribution is 0.657. The number of hydrogen-bond donors (Lipinski definition) is 2. The Bertz CT molecular complexity index is 1590. The summed E-state index contributed by atoms with van der Waals surface area (Å²) in [5.41, 5.74) is 6.56. The van der Waals surface area contributed by atoms with Crippen LogP contribution in [0.2, 0.25) is 0 Å². The van der Waals surface area contributed by atoms with E-state index in [0.29, 0.717) is 0 Å². The molecule has 0 amide bonds. The summed E-state index contributed by atoms with van der Waals surface area (Å²) in [6.45, 7) is 1.96. The van der Waals surface area contributed by atoms with Crippen molar-refractivity contribution < 1.29 is 4.39 Å². The van der Waals surface area contributed by atoms with Crippen LogP contribution in [0.15, 0.2) is 48.8 Å². The van der Waals surface area contributed by atoms with Crippen LogP contribution in [0.1, 0.15) is 5.82 Å². The third kappa shape index (κ3) is 2.77. The molecule has 0 aliphatic carbocycles. The van der Waals surface area contributed by atoms with Gasteiger partial charge in [-0.1, -0.05) is 0 Å². The number of hydrogen-bond acceptors (Lipinski definition) is 5. The van der Waals surface area contributed by atoms with Crippen LogP contribution in [0.25, 0.3) is 55.3 Å². The summed E-state index contributed by atoms with van der Waals surface area (Å²) in [5, 5.41) is 8.25. The zero-order chi connectivity index (χ0) is 21.1. The van der Waals surface area contributed by atoms with Gasteiger partial charge in [-0.2, -0.15) is 9.49 Å². The monoisotopic (exact) mass is 429 g/mol. The zero-order valence-electron chi connectivity index (χ0n) is 16.6. The molecule has 0 saturated carbocycles. The van der Waals surface area contributed by atoms with Gasteiger partial charge in [0.1, 0.15) is 17.0 Å². The van der Waals surface area contributed by atoms with Gasteiger partial charge in [0.25, 0.3) is 0 Å². The predicted octanol–water partition coefficient (Wildman–Crippen LogP) is 5.08. The van der Waals surface area contributed by atoms with E-state index in [-0.39, 0.29) is 5.13 Å². The molecule has 0 bridgehead atoms. The SMILES string of the molecule is Cc1ncc(-c2ccc3[nH]nc(-c4cc5c(-c6ccc(F)s6)nccc5[nH]4)c3n2)n1C. The van der Waals surface area contributed by atoms with E-state index in [4.69, 9.17) is 4.98 Å². The summed E-state index contributed by atoms with van der Waals surface area (Å²) in [6.07, 6.45) is 3.55. The number of aryl methyl sites for hydroxylation is 1. The maximum absolute atomic E-state index is 13.6. The minimum absolute atomic E-state index is 0.231. The summed E-state index contributed by atoms with van der Waals surface area (Å²) in [6, 6.07) is 11.0. The number of aromatic amines is 2. The van der Waals surface area contributed by atoms with Crippen molar-refractivity contribution in [3.8, 4) is 33.3 Å². The molecule has 0 fully saturated rings. The fourth-order valence-corrected chi connectivity index (χ4v) is 4.53. The fraction of sp³-hybridized carbons (Fsp3) is 0.0909. The second-order valence-corrected chi connectivity index (χ2v) is 8.36. The first-order valence-electron chi connectivity index (χ1n) is 9.66. The van der Waals surface area contributed by atoms with Gasteiger partial charge in [-0.3, -0.25) is 10.1 Å². The van der Waals surface area contributed by atoms with Gasteiger partial charge in [-0.25, -0.2) is 9.97 Å². The maximum atomic E-state index is 13.6. The van der Waals surface area contributed by atoms with Gasteiger partial charge < -0.3 is 9.55 Å². The van der Waals surface area contributed by atoms with Crippen molar-refractivity contribution in [3.05, 3.63) is 59.7 Å². The zero-order valence-corrected chi connectivity index (χ0v) is 17.5. The lowest BCUT2D eigenvalue weighted by Crippen LogP contribution is -1.96. The molecule has 0 spiro atoms. The lowest BCUT2D eigenvalue weighted by Gasteiger charge is -2.03. The van der Waals surface area contributed by atoms with Crippen molar-refractivity contribution in [2.75, 3.05) is 0 Å². The Morgan fingerprint density at radius 3 is 2.71 bits per heavy atom. The van der Waals surface area contributed by atoms with Crippen molar-refractivity contribution >= 4 is 33.3 Å². The van der Waals surface area contributed by atoms with Crippen molar-refractivity contribution in [2.24, 2.45) is 7.05 Å². The summed E-state index contributed by atoms with van der Waals surface area (Å²) in [5.74, 6) is 0.921. The van der Waals surface area contributed by atoms with Gasteiger partial charge in [0.2, 0.25) is 0 Å². The normalized spacial score (nSPS) is 11.7. The molecule has 7 nitrogen and oxygen atoms in total. The minimum Gasteiger partial charge on any atom is -0.353 e. The fourth-order valence-electron chi connectivity index (χ4n) is 3.79. The predicted molar refractivity (Wildman–Crippen MR) is 119 cm³/mol. The number of rotatable bonds is 3. The molecule has 6 aromatic heterocycles. The Balaban J connectivity index is 1.52. The number of fused-ring (bicyclic) bond motifs is 2. The molecule has 2 N–H and O–H groups in total. The molecular formula is C22H16FN7S. The first-order chi connectivity index (χ1) is 15.1. The third-order valence-electron chi connectivity index (χ3n) is 5.50. The smallest absolute Gasteiger partial charge is 0.177 e. The Hall–Kier alpha value is -3.85. The van der Waals surface area contributed by atoms with Crippen molar-refractivity contribution in [2.45, 2.75) is 6.92 Å². The van der Waals surface area contributed by atoms with E-state index in [1.54, 1.807) is 12.3 Å². The molecule has 0 unspecified atom stereocenters. The molecule has 0 aliphatic rings. The molecule has 0 atom stereocenters. The third-order valence-corrected chi connectivity index (χ3v) is 6.38. The number of thiophene rings is 1. The van der Waals surface area contributed by atoms with Crippen LogP contribution < -0.4 is 0 Å². The molecule has 0 aliphatic heterocycles.